The summed E-state index contributed by atoms with van der Waals surface area (Å²) in [5, 5.41) is 8.73. The highest BCUT2D eigenvalue weighted by molar-refractivity contribution is 5.81. The molecule has 0 aromatic carbocycles. The minimum Gasteiger partial charge on any atom is -0.480 e. The van der Waals surface area contributed by atoms with E-state index in [4.69, 9.17) is 5.11 Å². The molecule has 1 rings (SSSR count). The Kier molecular flexibility index (Phi) is 5.21. The van der Waals surface area contributed by atoms with E-state index >= 15 is 0 Å². The molecule has 0 bridgehead atoms. The van der Waals surface area contributed by atoms with E-state index in [0.29, 0.717) is 12.1 Å². The number of hydrogen-bond acceptors (Lipinski definition) is 4. The van der Waals surface area contributed by atoms with Crippen LogP contribution >= 0.6 is 0 Å². The average molecular weight is 285 g/mol. The first-order chi connectivity index (χ1) is 9.35. The summed E-state index contributed by atoms with van der Waals surface area (Å²) in [6.45, 7) is 1.26. The molecule has 1 amide bonds. The van der Waals surface area contributed by atoms with Crippen LogP contribution in [0.3, 0.4) is 0 Å². The van der Waals surface area contributed by atoms with Gasteiger partial charge in [0.25, 0.3) is 5.56 Å². The Morgan fingerprint density at radius 2 is 2.10 bits per heavy atom. The number of H-pyrrole nitrogens is 1. The number of hydrogen-bond donors (Lipinski definition) is 3. The molecule has 1 aromatic heterocycles. The fraction of sp³-hybridized carbons (Fsp3) is 0.455. The predicted molar refractivity (Wildman–Crippen MR) is 68.0 cm³/mol. The van der Waals surface area contributed by atoms with Gasteiger partial charge in [-0.3, -0.25) is 23.9 Å². The van der Waals surface area contributed by atoms with Crippen LogP contribution in [-0.4, -0.2) is 51.1 Å². The van der Waals surface area contributed by atoms with Crippen molar-refractivity contribution in [3.05, 3.63) is 32.6 Å². The Morgan fingerprint density at radius 3 is 2.65 bits per heavy atom. The van der Waals surface area contributed by atoms with Crippen LogP contribution in [0.4, 0.5) is 0 Å². The molecule has 0 aliphatic heterocycles. The second-order valence-electron chi connectivity index (χ2n) is 4.26. The number of quaternary nitrogens is 1. The Bertz CT molecular complexity index is 618. The molecule has 0 atom stereocenters. The van der Waals surface area contributed by atoms with E-state index in [1.807, 2.05) is 0 Å². The van der Waals surface area contributed by atoms with E-state index in [1.165, 1.54) is 13.1 Å². The number of aryl methyl sites for hydroxylation is 1. The molecule has 1 aromatic rings. The van der Waals surface area contributed by atoms with Crippen LogP contribution in [0.2, 0.25) is 0 Å². The summed E-state index contributed by atoms with van der Waals surface area (Å²) in [5.74, 6) is -1.67. The lowest BCUT2D eigenvalue weighted by Gasteiger charge is -2.19. The van der Waals surface area contributed by atoms with Crippen molar-refractivity contribution in [1.29, 1.82) is 0 Å². The molecule has 0 radical (unpaired) electrons. The quantitative estimate of drug-likeness (QED) is 0.511. The van der Waals surface area contributed by atoms with Crippen LogP contribution in [0, 0.1) is 6.92 Å². The maximum absolute atomic E-state index is 12.0. The normalized spacial score (nSPS) is 10.3. The number of carboxylic acid groups (broad SMARTS) is 1. The molecule has 0 saturated carbocycles. The highest BCUT2D eigenvalue weighted by Gasteiger charge is 2.17. The van der Waals surface area contributed by atoms with Gasteiger partial charge >= 0.3 is 11.7 Å². The van der Waals surface area contributed by atoms with Gasteiger partial charge in [0.05, 0.1) is 13.1 Å². The van der Waals surface area contributed by atoms with Crippen LogP contribution in [0.1, 0.15) is 5.56 Å². The SMILES string of the molecule is Cc1cn(CC(=O)N(CC[NH3+])CC(=O)O)c(=O)[nH]c1=O. The number of nitrogens with zero attached hydrogens (tertiary/aromatic N) is 2. The predicted octanol–water partition coefficient (Wildman–Crippen LogP) is -3.00. The molecule has 20 heavy (non-hydrogen) atoms. The maximum atomic E-state index is 12.0. The lowest BCUT2D eigenvalue weighted by molar-refractivity contribution is -0.368. The molecule has 9 heteroatoms. The van der Waals surface area contributed by atoms with Crippen LogP contribution in [0.25, 0.3) is 0 Å². The van der Waals surface area contributed by atoms with Gasteiger partial charge in [0.15, 0.2) is 0 Å². The van der Waals surface area contributed by atoms with Crippen molar-refractivity contribution < 1.29 is 20.4 Å². The number of rotatable bonds is 6. The second-order valence-corrected chi connectivity index (χ2v) is 4.26. The van der Waals surface area contributed by atoms with Crippen molar-refractivity contribution in [3.8, 4) is 0 Å². The van der Waals surface area contributed by atoms with Gasteiger partial charge in [0, 0.05) is 11.8 Å². The van der Waals surface area contributed by atoms with E-state index in [2.05, 4.69) is 10.7 Å². The van der Waals surface area contributed by atoms with Crippen LogP contribution < -0.4 is 17.0 Å². The van der Waals surface area contributed by atoms with Gasteiger partial charge in [0.1, 0.15) is 13.1 Å². The Balaban J connectivity index is 2.93. The fourth-order valence-corrected chi connectivity index (χ4v) is 1.63. The van der Waals surface area contributed by atoms with Crippen LogP contribution in [0.5, 0.6) is 0 Å². The molecule has 0 spiro atoms. The summed E-state index contributed by atoms with van der Waals surface area (Å²) < 4.78 is 1.04. The van der Waals surface area contributed by atoms with E-state index in [1.54, 1.807) is 0 Å². The molecule has 0 saturated heterocycles. The first-order valence-corrected chi connectivity index (χ1v) is 5.94. The number of carbonyl (C=O) groups is 2. The summed E-state index contributed by atoms with van der Waals surface area (Å²) in [6.07, 6.45) is 1.27. The highest BCUT2D eigenvalue weighted by atomic mass is 16.4. The molecular formula is C11H17N4O5+. The Hall–Kier alpha value is -2.42. The molecule has 0 aliphatic rings. The number of carboxylic acids is 1. The molecular weight excluding hydrogens is 268 g/mol. The number of aromatic amines is 1. The summed E-state index contributed by atoms with van der Waals surface area (Å²) in [4.78, 5) is 48.6. The van der Waals surface area contributed by atoms with Crippen LogP contribution in [-0.2, 0) is 16.1 Å². The van der Waals surface area contributed by atoms with Gasteiger partial charge in [0.2, 0.25) is 5.91 Å². The van der Waals surface area contributed by atoms with E-state index in [0.717, 1.165) is 9.47 Å². The van der Waals surface area contributed by atoms with Gasteiger partial charge in [-0.25, -0.2) is 4.79 Å². The van der Waals surface area contributed by atoms with Crippen molar-refractivity contribution in [2.45, 2.75) is 13.5 Å². The Labute approximate surface area is 113 Å². The smallest absolute Gasteiger partial charge is 0.328 e. The van der Waals surface area contributed by atoms with Gasteiger partial charge in [-0.1, -0.05) is 0 Å². The first-order valence-electron chi connectivity index (χ1n) is 5.94. The Morgan fingerprint density at radius 1 is 1.45 bits per heavy atom. The third kappa shape index (κ3) is 4.05. The van der Waals surface area contributed by atoms with E-state index < -0.39 is 29.7 Å². The number of amides is 1. The zero-order valence-corrected chi connectivity index (χ0v) is 11.1. The average Bonchev–Trinajstić information content (AvgIpc) is 2.34. The first kappa shape index (κ1) is 15.6. The minimum absolute atomic E-state index is 0.183. The summed E-state index contributed by atoms with van der Waals surface area (Å²) in [7, 11) is 0. The molecule has 0 aliphatic carbocycles. The van der Waals surface area contributed by atoms with Crippen LogP contribution in [0.15, 0.2) is 15.8 Å². The van der Waals surface area contributed by atoms with Gasteiger partial charge < -0.3 is 15.7 Å². The maximum Gasteiger partial charge on any atom is 0.328 e. The standard InChI is InChI=1S/C11H16N4O5/c1-7-4-15(11(20)13-10(7)19)5-8(16)14(3-2-12)6-9(17)18/h4H,2-3,5-6,12H2,1H3,(H,17,18)(H,13,19,20)/p+1. The zero-order chi connectivity index (χ0) is 15.3. The van der Waals surface area contributed by atoms with Crippen molar-refractivity contribution in [2.24, 2.45) is 0 Å². The van der Waals surface area contributed by atoms with Crippen molar-refractivity contribution in [2.75, 3.05) is 19.6 Å². The monoisotopic (exact) mass is 285 g/mol. The summed E-state index contributed by atoms with van der Waals surface area (Å²) in [6, 6.07) is 0. The second kappa shape index (κ2) is 6.66. The van der Waals surface area contributed by atoms with Gasteiger partial charge in [-0.2, -0.15) is 0 Å². The van der Waals surface area contributed by atoms with Gasteiger partial charge in [-0.05, 0) is 6.92 Å². The third-order valence-electron chi connectivity index (χ3n) is 2.60. The molecule has 5 N–H and O–H groups in total. The highest BCUT2D eigenvalue weighted by Crippen LogP contribution is 1.93. The molecule has 0 unspecified atom stereocenters. The summed E-state index contributed by atoms with van der Waals surface area (Å²) >= 11 is 0. The molecule has 110 valence electrons. The van der Waals surface area contributed by atoms with Crippen molar-refractivity contribution in [3.63, 3.8) is 0 Å². The van der Waals surface area contributed by atoms with Crippen molar-refractivity contribution >= 4 is 11.9 Å². The number of carbonyl (C=O) groups excluding carboxylic acids is 1. The van der Waals surface area contributed by atoms with Crippen molar-refractivity contribution in [1.82, 2.24) is 14.5 Å². The van der Waals surface area contributed by atoms with E-state index in [9.17, 15) is 19.2 Å². The minimum atomic E-state index is -1.14. The third-order valence-corrected chi connectivity index (χ3v) is 2.60. The summed E-state index contributed by atoms with van der Waals surface area (Å²) in [5.41, 5.74) is 2.63. The van der Waals surface area contributed by atoms with E-state index in [-0.39, 0.29) is 13.1 Å². The lowest BCUT2D eigenvalue weighted by atomic mass is 10.3. The molecule has 1 heterocycles. The number of aromatic nitrogens is 2. The van der Waals surface area contributed by atoms with Gasteiger partial charge in [-0.15, -0.1) is 0 Å². The fourth-order valence-electron chi connectivity index (χ4n) is 1.63. The number of nitrogens with one attached hydrogen (secondary N) is 1. The number of aliphatic carboxylic acids is 1. The molecule has 9 nitrogen and oxygen atoms in total. The molecule has 0 fully saturated rings. The topological polar surface area (TPSA) is 140 Å². The zero-order valence-electron chi connectivity index (χ0n) is 11.1. The largest absolute Gasteiger partial charge is 0.480 e. The lowest BCUT2D eigenvalue weighted by Crippen LogP contribution is -2.56.